The molecule has 0 aliphatic heterocycles. The molecule has 0 heterocycles. The van der Waals surface area contributed by atoms with E-state index >= 15 is 0 Å². The molecule has 0 bridgehead atoms. The molecule has 0 N–H and O–H groups in total. The van der Waals surface area contributed by atoms with E-state index in [2.05, 4.69) is 77.9 Å². The van der Waals surface area contributed by atoms with Gasteiger partial charge in [-0.15, -0.1) is 0 Å². The summed E-state index contributed by atoms with van der Waals surface area (Å²) in [6, 6.07) is 14.0. The first kappa shape index (κ1) is 37.3. The quantitative estimate of drug-likeness (QED) is 0.100. The van der Waals surface area contributed by atoms with Crippen LogP contribution < -0.4 is 0 Å². The molecule has 0 unspecified atom stereocenters. The molecule has 41 heavy (non-hydrogen) atoms. The summed E-state index contributed by atoms with van der Waals surface area (Å²) in [6.07, 6.45) is 21.3. The van der Waals surface area contributed by atoms with Crippen molar-refractivity contribution in [2.45, 2.75) is 157 Å². The van der Waals surface area contributed by atoms with Crippen molar-refractivity contribution in [3.63, 3.8) is 0 Å². The van der Waals surface area contributed by atoms with Gasteiger partial charge in [-0.3, -0.25) is 9.98 Å². The van der Waals surface area contributed by atoms with Crippen LogP contribution in [0.3, 0.4) is 0 Å². The Balaban J connectivity index is 0.00000840. The number of rotatable bonds is 21. The summed E-state index contributed by atoms with van der Waals surface area (Å²) in [6.45, 7) is 13.7. The number of unbranched alkanes of at least 4 members (excludes halogenated alkanes) is 6. The predicted octanol–water partition coefficient (Wildman–Crippen LogP) is 12.3. The van der Waals surface area contributed by atoms with E-state index in [1.165, 1.54) is 111 Å². The third-order valence-electron chi connectivity index (χ3n) is 7.97. The maximum atomic E-state index is 5.35. The van der Waals surface area contributed by atoms with Crippen LogP contribution in [0.4, 0.5) is 11.4 Å². The standard InChI is InChI=1S/C38H60N2.Ni/c1-7-13-19-31-25-27-35(29-33(31)21-15-9-3)39-37(23-17-11-5)38(24-18-12-6)40-36-28-26-32(20-14-8-2)34(30-36)22-16-10-4;/h25-30H,7-24H2,1-6H3;. The Morgan fingerprint density at radius 1 is 0.439 bits per heavy atom. The average Bonchev–Trinajstić information content (AvgIpc) is 2.98. The van der Waals surface area contributed by atoms with E-state index in [0.29, 0.717) is 0 Å². The van der Waals surface area contributed by atoms with Crippen LogP contribution in [0.2, 0.25) is 0 Å². The molecule has 0 aromatic heterocycles. The van der Waals surface area contributed by atoms with E-state index in [1.54, 1.807) is 0 Å². The smallest absolute Gasteiger partial charge is 0.0636 e. The summed E-state index contributed by atoms with van der Waals surface area (Å²) >= 11 is 0. The minimum atomic E-state index is 0. The van der Waals surface area contributed by atoms with Crippen LogP contribution >= 0.6 is 0 Å². The number of nitrogens with zero attached hydrogens (tertiary/aromatic N) is 2. The van der Waals surface area contributed by atoms with Crippen LogP contribution in [0.25, 0.3) is 0 Å². The summed E-state index contributed by atoms with van der Waals surface area (Å²) in [5.74, 6) is 0. The molecule has 0 saturated carbocycles. The van der Waals surface area contributed by atoms with Gasteiger partial charge < -0.3 is 0 Å². The van der Waals surface area contributed by atoms with Crippen molar-refractivity contribution in [2.75, 3.05) is 0 Å². The summed E-state index contributed by atoms with van der Waals surface area (Å²) < 4.78 is 0. The van der Waals surface area contributed by atoms with Crippen molar-refractivity contribution in [3.05, 3.63) is 58.7 Å². The largest absolute Gasteiger partial charge is 0.252 e. The molecule has 3 heteroatoms. The average molecular weight is 604 g/mol. The van der Waals surface area contributed by atoms with Crippen LogP contribution in [0.15, 0.2) is 46.4 Å². The molecule has 0 saturated heterocycles. The summed E-state index contributed by atoms with van der Waals surface area (Å²) in [5.41, 5.74) is 10.7. The number of hydrogen-bond donors (Lipinski definition) is 0. The number of aryl methyl sites for hydroxylation is 4. The molecule has 0 radical (unpaired) electrons. The van der Waals surface area contributed by atoms with Crippen LogP contribution in [0.5, 0.6) is 0 Å². The Kier molecular flexibility index (Phi) is 20.8. The van der Waals surface area contributed by atoms with Gasteiger partial charge in [0.05, 0.1) is 22.8 Å². The summed E-state index contributed by atoms with van der Waals surface area (Å²) in [4.78, 5) is 10.7. The number of benzene rings is 2. The minimum Gasteiger partial charge on any atom is -0.252 e. The first-order valence-corrected chi connectivity index (χ1v) is 17.0. The van der Waals surface area contributed by atoms with Crippen LogP contribution in [0.1, 0.15) is 154 Å². The van der Waals surface area contributed by atoms with E-state index in [0.717, 1.165) is 49.9 Å². The van der Waals surface area contributed by atoms with E-state index in [4.69, 9.17) is 9.98 Å². The molecule has 2 rings (SSSR count). The van der Waals surface area contributed by atoms with Gasteiger partial charge in [0.2, 0.25) is 0 Å². The van der Waals surface area contributed by atoms with Gasteiger partial charge in [-0.1, -0.05) is 92.2 Å². The van der Waals surface area contributed by atoms with E-state index in [9.17, 15) is 0 Å². The fourth-order valence-corrected chi connectivity index (χ4v) is 5.32. The first-order chi connectivity index (χ1) is 19.6. The topological polar surface area (TPSA) is 24.7 Å². The third kappa shape index (κ3) is 13.9. The Morgan fingerprint density at radius 2 is 0.756 bits per heavy atom. The van der Waals surface area contributed by atoms with Crippen molar-refractivity contribution in [1.29, 1.82) is 0 Å². The zero-order chi connectivity index (χ0) is 29.0. The molecule has 0 aliphatic rings. The maximum Gasteiger partial charge on any atom is 0.0636 e. The zero-order valence-corrected chi connectivity index (χ0v) is 28.4. The third-order valence-corrected chi connectivity index (χ3v) is 7.97. The fraction of sp³-hybridized carbons (Fsp3) is 0.632. The van der Waals surface area contributed by atoms with Crippen LogP contribution in [0, 0.1) is 0 Å². The predicted molar refractivity (Wildman–Crippen MR) is 181 cm³/mol. The second-order valence-electron chi connectivity index (χ2n) is 11.6. The molecule has 232 valence electrons. The number of aliphatic imine (C=N–C) groups is 2. The van der Waals surface area contributed by atoms with Crippen molar-refractivity contribution in [1.82, 2.24) is 0 Å². The second-order valence-corrected chi connectivity index (χ2v) is 11.6. The van der Waals surface area contributed by atoms with Gasteiger partial charge in [0.25, 0.3) is 0 Å². The van der Waals surface area contributed by atoms with Gasteiger partial charge in [-0.05, 0) is 124 Å². The molecule has 2 aromatic rings. The monoisotopic (exact) mass is 602 g/mol. The molecular formula is C38H60N2Ni. The molecular weight excluding hydrogens is 543 g/mol. The van der Waals surface area contributed by atoms with Gasteiger partial charge in [-0.25, -0.2) is 0 Å². The summed E-state index contributed by atoms with van der Waals surface area (Å²) in [7, 11) is 0. The molecule has 0 spiro atoms. The normalized spacial score (nSPS) is 12.0. The molecule has 0 amide bonds. The fourth-order valence-electron chi connectivity index (χ4n) is 5.32. The maximum absolute atomic E-state index is 5.35. The van der Waals surface area contributed by atoms with Gasteiger partial charge >= 0.3 is 0 Å². The van der Waals surface area contributed by atoms with Gasteiger partial charge in [0.15, 0.2) is 0 Å². The van der Waals surface area contributed by atoms with E-state index in [-0.39, 0.29) is 16.5 Å². The van der Waals surface area contributed by atoms with E-state index < -0.39 is 0 Å². The van der Waals surface area contributed by atoms with Crippen molar-refractivity contribution in [3.8, 4) is 0 Å². The molecule has 2 aromatic carbocycles. The molecule has 0 fully saturated rings. The van der Waals surface area contributed by atoms with Crippen LogP contribution in [-0.4, -0.2) is 11.4 Å². The first-order valence-electron chi connectivity index (χ1n) is 17.0. The molecule has 0 aliphatic carbocycles. The Bertz CT molecular complexity index is 953. The van der Waals surface area contributed by atoms with Crippen molar-refractivity contribution >= 4 is 22.8 Å². The van der Waals surface area contributed by atoms with Gasteiger partial charge in [0, 0.05) is 16.5 Å². The van der Waals surface area contributed by atoms with Gasteiger partial charge in [0.1, 0.15) is 0 Å². The minimum absolute atomic E-state index is 0. The Labute approximate surface area is 264 Å². The number of hydrogen-bond acceptors (Lipinski definition) is 2. The summed E-state index contributed by atoms with van der Waals surface area (Å²) in [5, 5.41) is 0. The zero-order valence-electron chi connectivity index (χ0n) is 27.4. The van der Waals surface area contributed by atoms with Crippen molar-refractivity contribution in [2.24, 2.45) is 9.98 Å². The van der Waals surface area contributed by atoms with Crippen molar-refractivity contribution < 1.29 is 16.5 Å². The second kappa shape index (κ2) is 22.8. The van der Waals surface area contributed by atoms with Gasteiger partial charge in [-0.2, -0.15) is 0 Å². The Morgan fingerprint density at radius 3 is 1.07 bits per heavy atom. The molecule has 0 atom stereocenters. The molecule has 2 nitrogen and oxygen atoms in total. The Hall–Kier alpha value is -1.73. The van der Waals surface area contributed by atoms with Crippen LogP contribution in [-0.2, 0) is 42.2 Å². The van der Waals surface area contributed by atoms with E-state index in [1.807, 2.05) is 0 Å². The SMILES string of the molecule is CCCCC(=Nc1ccc(CCCC)c(CCCC)c1)C(CCCC)=Nc1ccc(CCCC)c(CCCC)c1.[Ni].